The molecule has 4 N–H and O–H groups in total. The van der Waals surface area contributed by atoms with Crippen LogP contribution >= 0.6 is 11.3 Å². The van der Waals surface area contributed by atoms with Gasteiger partial charge in [-0.05, 0) is 24.3 Å². The van der Waals surface area contributed by atoms with Gasteiger partial charge < -0.3 is 20.7 Å². The number of rotatable bonds is 5. The van der Waals surface area contributed by atoms with Gasteiger partial charge in [0.2, 0.25) is 5.13 Å². The molecule has 96 valence electrons. The van der Waals surface area contributed by atoms with E-state index in [0.717, 1.165) is 10.6 Å². The summed E-state index contributed by atoms with van der Waals surface area (Å²) in [5.74, 6) is 0.615. The Morgan fingerprint density at radius 2 is 2.00 bits per heavy atom. The molecule has 0 aliphatic rings. The standard InChI is InChI=1S/C11H13N3O3S/c12-11-14-13-10(18-11)7-1-3-9(4-2-7)17-6-8(16)5-15/h1-4,8,15-16H,5-6H2,(H2,12,14). The molecule has 0 aliphatic carbocycles. The fourth-order valence-electron chi connectivity index (χ4n) is 1.29. The SMILES string of the molecule is Nc1nnc(-c2ccc(OCC(O)CO)cc2)s1. The monoisotopic (exact) mass is 267 g/mol. The molecule has 2 aromatic rings. The number of nitrogens with zero attached hydrogens (tertiary/aromatic N) is 2. The van der Waals surface area contributed by atoms with Crippen LogP contribution in [-0.2, 0) is 0 Å². The quantitative estimate of drug-likeness (QED) is 0.730. The molecule has 2 rings (SSSR count). The van der Waals surface area contributed by atoms with Crippen molar-refractivity contribution in [3.63, 3.8) is 0 Å². The summed E-state index contributed by atoms with van der Waals surface area (Å²) in [4.78, 5) is 0. The third-order valence-corrected chi connectivity index (χ3v) is 3.00. The van der Waals surface area contributed by atoms with Crippen LogP contribution in [0.25, 0.3) is 10.6 Å². The molecule has 0 fully saturated rings. The fourth-order valence-corrected chi connectivity index (χ4v) is 1.91. The first-order valence-corrected chi connectivity index (χ1v) is 6.12. The number of nitrogens with two attached hydrogens (primary N) is 1. The molecule has 0 saturated carbocycles. The van der Waals surface area contributed by atoms with Gasteiger partial charge in [0.1, 0.15) is 23.5 Å². The number of hydrogen-bond donors (Lipinski definition) is 3. The maximum absolute atomic E-state index is 9.15. The first-order valence-electron chi connectivity index (χ1n) is 5.30. The molecule has 0 amide bonds. The minimum atomic E-state index is -0.868. The van der Waals surface area contributed by atoms with Crippen LogP contribution in [0.4, 0.5) is 5.13 Å². The Balaban J connectivity index is 2.01. The van der Waals surface area contributed by atoms with Crippen LogP contribution in [0.15, 0.2) is 24.3 Å². The minimum Gasteiger partial charge on any atom is -0.491 e. The predicted molar refractivity (Wildman–Crippen MR) is 68.3 cm³/mol. The van der Waals surface area contributed by atoms with E-state index in [4.69, 9.17) is 20.7 Å². The van der Waals surface area contributed by atoms with E-state index in [9.17, 15) is 0 Å². The van der Waals surface area contributed by atoms with Crippen molar-refractivity contribution in [1.82, 2.24) is 10.2 Å². The van der Waals surface area contributed by atoms with Crippen molar-refractivity contribution in [2.24, 2.45) is 0 Å². The number of ether oxygens (including phenoxy) is 1. The first-order chi connectivity index (χ1) is 8.69. The second kappa shape index (κ2) is 5.76. The lowest BCUT2D eigenvalue weighted by Gasteiger charge is -2.09. The molecule has 6 nitrogen and oxygen atoms in total. The molecular formula is C11H13N3O3S. The van der Waals surface area contributed by atoms with E-state index < -0.39 is 6.10 Å². The number of hydrogen-bond acceptors (Lipinski definition) is 7. The van der Waals surface area contributed by atoms with Crippen LogP contribution in [0.5, 0.6) is 5.75 Å². The molecule has 0 bridgehead atoms. The highest BCUT2D eigenvalue weighted by Gasteiger charge is 2.06. The van der Waals surface area contributed by atoms with Crippen LogP contribution < -0.4 is 10.5 Å². The average molecular weight is 267 g/mol. The highest BCUT2D eigenvalue weighted by molar-refractivity contribution is 7.18. The zero-order chi connectivity index (χ0) is 13.0. The van der Waals surface area contributed by atoms with Gasteiger partial charge in [-0.2, -0.15) is 0 Å². The van der Waals surface area contributed by atoms with E-state index in [-0.39, 0.29) is 13.2 Å². The lowest BCUT2D eigenvalue weighted by molar-refractivity contribution is 0.0536. The molecule has 7 heteroatoms. The van der Waals surface area contributed by atoms with E-state index >= 15 is 0 Å². The van der Waals surface area contributed by atoms with Crippen molar-refractivity contribution < 1.29 is 14.9 Å². The van der Waals surface area contributed by atoms with Crippen molar-refractivity contribution in [1.29, 1.82) is 0 Å². The number of aliphatic hydroxyl groups excluding tert-OH is 2. The van der Waals surface area contributed by atoms with E-state index in [2.05, 4.69) is 10.2 Å². The summed E-state index contributed by atoms with van der Waals surface area (Å²) in [6, 6.07) is 7.19. The third kappa shape index (κ3) is 3.16. The second-order valence-electron chi connectivity index (χ2n) is 3.62. The van der Waals surface area contributed by atoms with Gasteiger partial charge in [-0.3, -0.25) is 0 Å². The number of aliphatic hydroxyl groups is 2. The normalized spacial score (nSPS) is 12.3. The van der Waals surface area contributed by atoms with Gasteiger partial charge in [0, 0.05) is 5.56 Å². The van der Waals surface area contributed by atoms with Gasteiger partial charge in [-0.25, -0.2) is 0 Å². The Kier molecular flexibility index (Phi) is 4.08. The Labute approximate surface area is 108 Å². The summed E-state index contributed by atoms with van der Waals surface area (Å²) in [7, 11) is 0. The molecule has 0 spiro atoms. The molecule has 1 aromatic carbocycles. The fraction of sp³-hybridized carbons (Fsp3) is 0.273. The minimum absolute atomic E-state index is 0.0571. The topological polar surface area (TPSA) is 101 Å². The highest BCUT2D eigenvalue weighted by Crippen LogP contribution is 2.26. The van der Waals surface area contributed by atoms with Gasteiger partial charge in [0.15, 0.2) is 0 Å². The summed E-state index contributed by atoms with van der Waals surface area (Å²) >= 11 is 1.31. The molecule has 1 unspecified atom stereocenters. The van der Waals surface area contributed by atoms with Crippen molar-refractivity contribution in [2.45, 2.75) is 6.10 Å². The molecule has 1 aromatic heterocycles. The van der Waals surface area contributed by atoms with Crippen molar-refractivity contribution in [3.05, 3.63) is 24.3 Å². The third-order valence-electron chi connectivity index (χ3n) is 2.20. The molecule has 1 atom stereocenters. The zero-order valence-electron chi connectivity index (χ0n) is 9.48. The lowest BCUT2D eigenvalue weighted by atomic mass is 10.2. The van der Waals surface area contributed by atoms with Gasteiger partial charge >= 0.3 is 0 Å². The largest absolute Gasteiger partial charge is 0.491 e. The highest BCUT2D eigenvalue weighted by atomic mass is 32.1. The number of aromatic nitrogens is 2. The van der Waals surface area contributed by atoms with Crippen LogP contribution in [-0.4, -0.2) is 39.7 Å². The van der Waals surface area contributed by atoms with Crippen molar-refractivity contribution >= 4 is 16.5 Å². The summed E-state index contributed by atoms with van der Waals surface area (Å²) in [5, 5.41) is 26.6. The van der Waals surface area contributed by atoms with E-state index in [0.29, 0.717) is 10.9 Å². The molecule has 0 aliphatic heterocycles. The first kappa shape index (κ1) is 12.7. The van der Waals surface area contributed by atoms with E-state index in [1.165, 1.54) is 11.3 Å². The predicted octanol–water partition coefficient (Wildman–Crippen LogP) is 0.519. The average Bonchev–Trinajstić information content (AvgIpc) is 2.83. The van der Waals surface area contributed by atoms with Gasteiger partial charge in [0.05, 0.1) is 6.61 Å². The molecular weight excluding hydrogens is 254 g/mol. The van der Waals surface area contributed by atoms with Crippen LogP contribution in [0, 0.1) is 0 Å². The van der Waals surface area contributed by atoms with Crippen molar-refractivity contribution in [3.8, 4) is 16.3 Å². The number of anilines is 1. The molecule has 0 radical (unpaired) electrons. The van der Waals surface area contributed by atoms with E-state index in [1.54, 1.807) is 12.1 Å². The number of benzene rings is 1. The summed E-state index contributed by atoms with van der Waals surface area (Å²) < 4.78 is 5.29. The Bertz CT molecular complexity index is 500. The zero-order valence-corrected chi connectivity index (χ0v) is 10.3. The molecule has 0 saturated heterocycles. The molecule has 1 heterocycles. The van der Waals surface area contributed by atoms with Crippen molar-refractivity contribution in [2.75, 3.05) is 18.9 Å². The number of nitrogen functional groups attached to an aromatic ring is 1. The van der Waals surface area contributed by atoms with E-state index in [1.807, 2.05) is 12.1 Å². The Hall–Kier alpha value is -1.70. The Morgan fingerprint density at radius 3 is 2.56 bits per heavy atom. The summed E-state index contributed by atoms with van der Waals surface area (Å²) in [6.07, 6.45) is -0.868. The molecule has 18 heavy (non-hydrogen) atoms. The van der Waals surface area contributed by atoms with Crippen LogP contribution in [0.1, 0.15) is 0 Å². The Morgan fingerprint density at radius 1 is 1.28 bits per heavy atom. The second-order valence-corrected chi connectivity index (χ2v) is 4.63. The van der Waals surface area contributed by atoms with Crippen LogP contribution in [0.3, 0.4) is 0 Å². The maximum atomic E-state index is 9.15. The van der Waals surface area contributed by atoms with Gasteiger partial charge in [-0.15, -0.1) is 10.2 Å². The maximum Gasteiger partial charge on any atom is 0.203 e. The summed E-state index contributed by atoms with van der Waals surface area (Å²) in [5.41, 5.74) is 6.41. The van der Waals surface area contributed by atoms with Gasteiger partial charge in [-0.1, -0.05) is 11.3 Å². The van der Waals surface area contributed by atoms with Gasteiger partial charge in [0.25, 0.3) is 0 Å². The summed E-state index contributed by atoms with van der Waals surface area (Å²) in [6.45, 7) is -0.260. The smallest absolute Gasteiger partial charge is 0.203 e. The van der Waals surface area contributed by atoms with Crippen LogP contribution in [0.2, 0.25) is 0 Å². The lowest BCUT2D eigenvalue weighted by Crippen LogP contribution is -2.21.